The van der Waals surface area contributed by atoms with Crippen molar-refractivity contribution in [3.8, 4) is 0 Å². The zero-order valence-electron chi connectivity index (χ0n) is 11.5. The summed E-state index contributed by atoms with van der Waals surface area (Å²) in [5.41, 5.74) is 1.13. The molecule has 1 unspecified atom stereocenters. The third-order valence-corrected chi connectivity index (χ3v) is 4.28. The second-order valence-corrected chi connectivity index (χ2v) is 5.81. The van der Waals surface area contributed by atoms with E-state index in [9.17, 15) is 4.79 Å². The molecule has 0 N–H and O–H groups in total. The smallest absolute Gasteiger partial charge is 0.196 e. The number of hydrogen-bond donors (Lipinski definition) is 0. The molecule has 1 rings (SSSR count). The first-order valence-electron chi connectivity index (χ1n) is 6.97. The van der Waals surface area contributed by atoms with Crippen LogP contribution in [0.2, 0.25) is 0 Å². The number of carbonyl (C=O) groups excluding carboxylic acids is 1. The van der Waals surface area contributed by atoms with E-state index in [1.165, 1.54) is 37.4 Å². The third-order valence-electron chi connectivity index (χ3n) is 3.15. The van der Waals surface area contributed by atoms with Gasteiger partial charge in [-0.2, -0.15) is 0 Å². The van der Waals surface area contributed by atoms with Gasteiger partial charge in [0.25, 0.3) is 0 Å². The zero-order chi connectivity index (χ0) is 13.2. The Balaban J connectivity index is 2.20. The molecule has 0 saturated heterocycles. The molecule has 0 aliphatic heterocycles. The Morgan fingerprint density at radius 3 is 2.44 bits per heavy atom. The fourth-order valence-corrected chi connectivity index (χ4v) is 2.82. The van der Waals surface area contributed by atoms with Crippen LogP contribution in [-0.2, 0) is 4.79 Å². The first kappa shape index (κ1) is 15.3. The highest BCUT2D eigenvalue weighted by Crippen LogP contribution is 2.22. The maximum Gasteiger partial charge on any atom is 0.196 e. The highest BCUT2D eigenvalue weighted by Gasteiger charge is 2.14. The van der Waals surface area contributed by atoms with Gasteiger partial charge in [0, 0.05) is 5.75 Å². The van der Waals surface area contributed by atoms with Gasteiger partial charge in [-0.15, -0.1) is 0 Å². The van der Waals surface area contributed by atoms with Crippen LogP contribution in [-0.4, -0.2) is 10.9 Å². The van der Waals surface area contributed by atoms with Gasteiger partial charge in [0.05, 0.1) is 5.92 Å². The molecular formula is C16H24OS. The van der Waals surface area contributed by atoms with Gasteiger partial charge < -0.3 is 0 Å². The van der Waals surface area contributed by atoms with Gasteiger partial charge in [-0.1, -0.05) is 81.6 Å². The number of hydrogen-bond acceptors (Lipinski definition) is 2. The molecule has 0 heterocycles. The normalized spacial score (nSPS) is 12.3. The van der Waals surface area contributed by atoms with Crippen LogP contribution < -0.4 is 0 Å². The molecule has 0 radical (unpaired) electrons. The van der Waals surface area contributed by atoms with Crippen molar-refractivity contribution in [1.29, 1.82) is 0 Å². The maximum atomic E-state index is 12.0. The summed E-state index contributed by atoms with van der Waals surface area (Å²) >= 11 is 1.50. The largest absolute Gasteiger partial charge is 0.287 e. The van der Waals surface area contributed by atoms with Crippen molar-refractivity contribution < 1.29 is 4.79 Å². The molecule has 0 amide bonds. The topological polar surface area (TPSA) is 17.1 Å². The van der Waals surface area contributed by atoms with Crippen molar-refractivity contribution in [2.75, 3.05) is 5.75 Å². The molecule has 0 spiro atoms. The first-order chi connectivity index (χ1) is 8.75. The lowest BCUT2D eigenvalue weighted by atomic mass is 10.0. The van der Waals surface area contributed by atoms with Crippen LogP contribution in [0.3, 0.4) is 0 Å². The minimum Gasteiger partial charge on any atom is -0.287 e. The summed E-state index contributed by atoms with van der Waals surface area (Å²) in [6.07, 6.45) is 6.32. The van der Waals surface area contributed by atoms with Crippen molar-refractivity contribution in [3.63, 3.8) is 0 Å². The Bertz CT molecular complexity index is 334. The molecular weight excluding hydrogens is 240 g/mol. The Morgan fingerprint density at radius 2 is 1.78 bits per heavy atom. The molecule has 1 nitrogen and oxygen atoms in total. The average Bonchev–Trinajstić information content (AvgIpc) is 2.42. The van der Waals surface area contributed by atoms with Gasteiger partial charge in [0.1, 0.15) is 0 Å². The second-order valence-electron chi connectivity index (χ2n) is 4.71. The highest BCUT2D eigenvalue weighted by molar-refractivity contribution is 8.13. The zero-order valence-corrected chi connectivity index (χ0v) is 12.3. The molecule has 2 heteroatoms. The molecule has 0 aliphatic carbocycles. The number of unbranched alkanes of at least 4 members (excludes halogenated alkanes) is 4. The molecule has 1 aromatic carbocycles. The molecule has 0 aromatic heterocycles. The van der Waals surface area contributed by atoms with Crippen LogP contribution in [0.15, 0.2) is 30.3 Å². The summed E-state index contributed by atoms with van der Waals surface area (Å²) in [5, 5.41) is 0.302. The van der Waals surface area contributed by atoms with E-state index in [4.69, 9.17) is 0 Å². The lowest BCUT2D eigenvalue weighted by molar-refractivity contribution is -0.111. The third kappa shape index (κ3) is 5.72. The van der Waals surface area contributed by atoms with E-state index in [0.717, 1.165) is 17.7 Å². The van der Waals surface area contributed by atoms with Crippen LogP contribution in [0.5, 0.6) is 0 Å². The highest BCUT2D eigenvalue weighted by atomic mass is 32.2. The molecule has 0 bridgehead atoms. The van der Waals surface area contributed by atoms with Crippen molar-refractivity contribution >= 4 is 16.9 Å². The van der Waals surface area contributed by atoms with Crippen molar-refractivity contribution in [3.05, 3.63) is 35.9 Å². The van der Waals surface area contributed by atoms with Crippen LogP contribution >= 0.6 is 11.8 Å². The molecule has 0 fully saturated rings. The monoisotopic (exact) mass is 264 g/mol. The van der Waals surface area contributed by atoms with E-state index < -0.39 is 0 Å². The number of thioether (sulfide) groups is 1. The lowest BCUT2D eigenvalue weighted by Crippen LogP contribution is -2.05. The predicted octanol–water partition coefficient (Wildman–Crippen LogP) is 5.02. The molecule has 1 aromatic rings. The fraction of sp³-hybridized carbons (Fsp3) is 0.562. The van der Waals surface area contributed by atoms with Crippen LogP contribution in [0.1, 0.15) is 57.4 Å². The summed E-state index contributed by atoms with van der Waals surface area (Å²) in [6.45, 7) is 4.22. The number of carbonyl (C=O) groups is 1. The first-order valence-corrected chi connectivity index (χ1v) is 7.96. The van der Waals surface area contributed by atoms with E-state index in [1.54, 1.807) is 0 Å². The maximum absolute atomic E-state index is 12.0. The number of rotatable bonds is 8. The summed E-state index contributed by atoms with van der Waals surface area (Å²) in [4.78, 5) is 12.0. The van der Waals surface area contributed by atoms with Gasteiger partial charge in [-0.05, 0) is 12.0 Å². The van der Waals surface area contributed by atoms with Gasteiger partial charge in [0.15, 0.2) is 5.12 Å². The van der Waals surface area contributed by atoms with E-state index in [2.05, 4.69) is 6.92 Å². The van der Waals surface area contributed by atoms with Crippen molar-refractivity contribution in [2.24, 2.45) is 0 Å². The van der Waals surface area contributed by atoms with E-state index in [0.29, 0.717) is 5.12 Å². The van der Waals surface area contributed by atoms with Crippen LogP contribution in [0.4, 0.5) is 0 Å². The fourth-order valence-electron chi connectivity index (χ4n) is 1.88. The quantitative estimate of drug-likeness (QED) is 0.613. The summed E-state index contributed by atoms with van der Waals surface area (Å²) in [7, 11) is 0. The van der Waals surface area contributed by atoms with E-state index in [1.807, 2.05) is 37.3 Å². The van der Waals surface area contributed by atoms with Gasteiger partial charge in [0.2, 0.25) is 0 Å². The summed E-state index contributed by atoms with van der Waals surface area (Å²) in [5.74, 6) is 0.992. The molecule has 1 atom stereocenters. The molecule has 100 valence electrons. The predicted molar refractivity (Wildman–Crippen MR) is 81.1 cm³/mol. The van der Waals surface area contributed by atoms with Gasteiger partial charge >= 0.3 is 0 Å². The van der Waals surface area contributed by atoms with Crippen molar-refractivity contribution in [1.82, 2.24) is 0 Å². The Hall–Kier alpha value is -0.760. The van der Waals surface area contributed by atoms with Crippen LogP contribution in [0.25, 0.3) is 0 Å². The van der Waals surface area contributed by atoms with Gasteiger partial charge in [-0.3, -0.25) is 4.79 Å². The molecule has 0 saturated carbocycles. The van der Waals surface area contributed by atoms with Gasteiger partial charge in [-0.25, -0.2) is 0 Å². The minimum atomic E-state index is 0.0202. The summed E-state index contributed by atoms with van der Waals surface area (Å²) < 4.78 is 0. The Labute approximate surface area is 115 Å². The molecule has 18 heavy (non-hydrogen) atoms. The van der Waals surface area contributed by atoms with E-state index in [-0.39, 0.29) is 5.92 Å². The Morgan fingerprint density at radius 1 is 1.11 bits per heavy atom. The summed E-state index contributed by atoms with van der Waals surface area (Å²) in [6, 6.07) is 10.0. The molecule has 0 aliphatic rings. The standard InChI is InChI=1S/C16H24OS/c1-3-4-5-6-10-13-18-16(17)14(2)15-11-8-7-9-12-15/h7-9,11-12,14H,3-6,10,13H2,1-2H3. The SMILES string of the molecule is CCCCCCCSC(=O)C(C)c1ccccc1. The average molecular weight is 264 g/mol. The van der Waals surface area contributed by atoms with Crippen LogP contribution in [0, 0.1) is 0 Å². The Kier molecular flexibility index (Phi) is 7.83. The lowest BCUT2D eigenvalue weighted by Gasteiger charge is -2.09. The minimum absolute atomic E-state index is 0.0202. The van der Waals surface area contributed by atoms with Crippen molar-refractivity contribution in [2.45, 2.75) is 51.9 Å². The number of benzene rings is 1. The van der Waals surface area contributed by atoms with E-state index >= 15 is 0 Å². The second kappa shape index (κ2) is 9.21.